The molecule has 0 unspecified atom stereocenters. The summed E-state index contributed by atoms with van der Waals surface area (Å²) < 4.78 is 11.2. The lowest BCUT2D eigenvalue weighted by Gasteiger charge is -2.27. The Balaban J connectivity index is 1.89. The quantitative estimate of drug-likeness (QED) is 0.457. The second-order valence-electron chi connectivity index (χ2n) is 7.80. The maximum absolute atomic E-state index is 13.3. The van der Waals surface area contributed by atoms with Gasteiger partial charge in [0, 0.05) is 29.3 Å². The van der Waals surface area contributed by atoms with Crippen LogP contribution in [0.1, 0.15) is 46.6 Å². The molecular weight excluding hydrogens is 446 g/mol. The van der Waals surface area contributed by atoms with E-state index in [4.69, 9.17) is 21.1 Å². The van der Waals surface area contributed by atoms with Crippen molar-refractivity contribution in [1.29, 1.82) is 0 Å². The van der Waals surface area contributed by atoms with Gasteiger partial charge in [-0.05, 0) is 55.7 Å². The molecule has 1 aliphatic rings. The van der Waals surface area contributed by atoms with Crippen LogP contribution in [0.2, 0.25) is 5.02 Å². The number of H-pyrrole nitrogens is 1. The lowest BCUT2D eigenvalue weighted by Crippen LogP contribution is -2.31. The first-order valence-corrected chi connectivity index (χ1v) is 11.1. The number of hydrogen-bond acceptors (Lipinski definition) is 6. The summed E-state index contributed by atoms with van der Waals surface area (Å²) in [4.78, 5) is 15.0. The fraction of sp³-hybridized carbons (Fsp3) is 0.333. The number of benzene rings is 2. The lowest BCUT2D eigenvalue weighted by molar-refractivity contribution is 0.0732. The summed E-state index contributed by atoms with van der Waals surface area (Å²) in [6.45, 7) is 4.48. The van der Waals surface area contributed by atoms with Crippen molar-refractivity contribution in [2.75, 3.05) is 26.9 Å². The van der Waals surface area contributed by atoms with E-state index in [2.05, 4.69) is 10.2 Å². The number of fused-ring (bicyclic) bond motifs is 1. The Labute approximate surface area is 196 Å². The first-order chi connectivity index (χ1) is 15.9. The first-order valence-electron chi connectivity index (χ1n) is 10.7. The molecule has 1 aliphatic heterocycles. The van der Waals surface area contributed by atoms with Gasteiger partial charge < -0.3 is 24.6 Å². The van der Waals surface area contributed by atoms with Crippen LogP contribution in [0.4, 0.5) is 0 Å². The third-order valence-electron chi connectivity index (χ3n) is 5.76. The van der Waals surface area contributed by atoms with E-state index in [1.807, 2.05) is 25.1 Å². The van der Waals surface area contributed by atoms with Gasteiger partial charge in [-0.2, -0.15) is 5.10 Å². The van der Waals surface area contributed by atoms with Crippen molar-refractivity contribution in [3.63, 3.8) is 0 Å². The number of halogens is 1. The highest BCUT2D eigenvalue weighted by Crippen LogP contribution is 2.46. The topological polar surface area (TPSA) is 108 Å². The maximum Gasteiger partial charge on any atom is 0.273 e. The zero-order chi connectivity index (χ0) is 23.7. The molecule has 33 heavy (non-hydrogen) atoms. The third kappa shape index (κ3) is 4.00. The summed E-state index contributed by atoms with van der Waals surface area (Å²) in [6, 6.07) is 8.25. The van der Waals surface area contributed by atoms with Gasteiger partial charge in [0.25, 0.3) is 5.91 Å². The van der Waals surface area contributed by atoms with Crippen LogP contribution in [-0.4, -0.2) is 58.1 Å². The minimum Gasteiger partial charge on any atom is -0.507 e. The molecule has 0 saturated carbocycles. The average molecular weight is 472 g/mol. The smallest absolute Gasteiger partial charge is 0.273 e. The van der Waals surface area contributed by atoms with Crippen LogP contribution in [0.5, 0.6) is 17.2 Å². The predicted molar refractivity (Wildman–Crippen MR) is 124 cm³/mol. The largest absolute Gasteiger partial charge is 0.507 e. The normalized spacial score (nSPS) is 15.1. The van der Waals surface area contributed by atoms with Gasteiger partial charge in [0.2, 0.25) is 0 Å². The van der Waals surface area contributed by atoms with Gasteiger partial charge in [0.15, 0.2) is 11.5 Å². The molecule has 2 aromatic carbocycles. The highest BCUT2D eigenvalue weighted by Gasteiger charge is 2.42. The fourth-order valence-electron chi connectivity index (χ4n) is 4.21. The number of ether oxygens (including phenoxy) is 2. The zero-order valence-electron chi connectivity index (χ0n) is 18.7. The molecule has 0 saturated heterocycles. The van der Waals surface area contributed by atoms with E-state index < -0.39 is 6.04 Å². The molecule has 0 radical (unpaired) electrons. The van der Waals surface area contributed by atoms with Crippen molar-refractivity contribution in [3.8, 4) is 28.5 Å². The molecule has 9 heteroatoms. The number of aromatic hydroxyl groups is 1. The Bertz CT molecular complexity index is 1190. The van der Waals surface area contributed by atoms with E-state index in [1.165, 1.54) is 0 Å². The Hall–Kier alpha value is -3.23. The van der Waals surface area contributed by atoms with Gasteiger partial charge >= 0.3 is 0 Å². The molecule has 1 amide bonds. The Morgan fingerprint density at radius 2 is 2.03 bits per heavy atom. The van der Waals surface area contributed by atoms with Crippen LogP contribution in [0.3, 0.4) is 0 Å². The van der Waals surface area contributed by atoms with Crippen LogP contribution in [0, 0.1) is 6.92 Å². The number of aliphatic hydroxyl groups is 1. The minimum absolute atomic E-state index is 0.0236. The van der Waals surface area contributed by atoms with E-state index in [1.54, 1.807) is 31.1 Å². The molecule has 0 aliphatic carbocycles. The van der Waals surface area contributed by atoms with Gasteiger partial charge in [-0.25, -0.2) is 0 Å². The number of aryl methyl sites for hydroxylation is 1. The highest BCUT2D eigenvalue weighted by atomic mass is 35.5. The molecule has 174 valence electrons. The SMILES string of the molecule is CCOc1ccc([C@H]2c3c(-c4cc(Cl)c(C)cc4O)n[nH]c3C(=O)N2CCCO)cc1OC. The second-order valence-corrected chi connectivity index (χ2v) is 8.21. The van der Waals surface area contributed by atoms with Crippen molar-refractivity contribution in [2.45, 2.75) is 26.3 Å². The monoisotopic (exact) mass is 471 g/mol. The minimum atomic E-state index is -0.503. The fourth-order valence-corrected chi connectivity index (χ4v) is 4.37. The number of aliphatic hydroxyl groups excluding tert-OH is 1. The van der Waals surface area contributed by atoms with Crippen LogP contribution >= 0.6 is 11.6 Å². The Morgan fingerprint density at radius 3 is 2.73 bits per heavy atom. The molecule has 0 spiro atoms. The molecule has 0 fully saturated rings. The number of nitrogens with zero attached hydrogens (tertiary/aromatic N) is 2. The number of amides is 1. The van der Waals surface area contributed by atoms with E-state index >= 15 is 0 Å². The van der Waals surface area contributed by atoms with Gasteiger partial charge in [-0.3, -0.25) is 9.89 Å². The van der Waals surface area contributed by atoms with E-state index in [9.17, 15) is 15.0 Å². The van der Waals surface area contributed by atoms with E-state index in [-0.39, 0.29) is 18.3 Å². The molecule has 0 bridgehead atoms. The molecule has 4 rings (SSSR count). The summed E-state index contributed by atoms with van der Waals surface area (Å²) in [5, 5.41) is 27.8. The van der Waals surface area contributed by atoms with Crippen LogP contribution in [0.15, 0.2) is 30.3 Å². The van der Waals surface area contributed by atoms with Gasteiger partial charge in [0.1, 0.15) is 17.1 Å². The number of carbonyl (C=O) groups is 1. The third-order valence-corrected chi connectivity index (χ3v) is 6.16. The van der Waals surface area contributed by atoms with Crippen molar-refractivity contribution in [1.82, 2.24) is 15.1 Å². The lowest BCUT2D eigenvalue weighted by atomic mass is 9.95. The van der Waals surface area contributed by atoms with Crippen LogP contribution in [-0.2, 0) is 0 Å². The number of nitrogens with one attached hydrogen (secondary N) is 1. The summed E-state index contributed by atoms with van der Waals surface area (Å²) in [7, 11) is 1.56. The van der Waals surface area contributed by atoms with Gasteiger partial charge in [0.05, 0.1) is 19.8 Å². The standard InChI is InChI=1S/C24H26ClN3O5/c1-4-33-18-7-6-14(11-19(18)32-3)23-20-21(15-12-16(25)13(2)10-17(15)30)26-27-22(20)24(31)28(23)8-5-9-29/h6-7,10-12,23,29-30H,4-5,8-9H2,1-3H3,(H,26,27)/t23-/m0/s1. The maximum atomic E-state index is 13.3. The van der Waals surface area contributed by atoms with Crippen molar-refractivity contribution in [3.05, 3.63) is 57.7 Å². The first kappa shape index (κ1) is 22.9. The highest BCUT2D eigenvalue weighted by molar-refractivity contribution is 6.31. The molecule has 8 nitrogen and oxygen atoms in total. The van der Waals surface area contributed by atoms with Crippen LogP contribution < -0.4 is 9.47 Å². The molecule has 3 N–H and O–H groups in total. The Kier molecular flexibility index (Phi) is 6.49. The number of aromatic amines is 1. The molecular formula is C24H26ClN3O5. The number of aromatic nitrogens is 2. The summed E-state index contributed by atoms with van der Waals surface area (Å²) in [5.41, 5.74) is 3.39. The Morgan fingerprint density at radius 1 is 1.24 bits per heavy atom. The zero-order valence-corrected chi connectivity index (χ0v) is 19.4. The van der Waals surface area contributed by atoms with E-state index in [0.29, 0.717) is 58.6 Å². The molecule has 2 heterocycles. The number of methoxy groups -OCH3 is 1. The van der Waals surface area contributed by atoms with E-state index in [0.717, 1.165) is 11.1 Å². The summed E-state index contributed by atoms with van der Waals surface area (Å²) >= 11 is 6.33. The average Bonchev–Trinajstić information content (AvgIpc) is 3.34. The predicted octanol–water partition coefficient (Wildman–Crippen LogP) is 4.08. The number of phenolic OH excluding ortho intramolecular Hbond substituents is 1. The molecule has 3 aromatic rings. The van der Waals surface area contributed by atoms with Crippen molar-refractivity contribution in [2.24, 2.45) is 0 Å². The molecule has 1 atom stereocenters. The summed E-state index contributed by atoms with van der Waals surface area (Å²) in [6.07, 6.45) is 0.422. The number of rotatable bonds is 8. The van der Waals surface area contributed by atoms with Crippen molar-refractivity contribution >= 4 is 17.5 Å². The van der Waals surface area contributed by atoms with Crippen molar-refractivity contribution < 1.29 is 24.5 Å². The summed E-state index contributed by atoms with van der Waals surface area (Å²) in [5.74, 6) is 0.942. The van der Waals surface area contributed by atoms with Crippen LogP contribution in [0.25, 0.3) is 11.3 Å². The molecule has 1 aromatic heterocycles. The second kappa shape index (κ2) is 9.33. The number of phenols is 1. The van der Waals surface area contributed by atoms with Gasteiger partial charge in [-0.1, -0.05) is 17.7 Å². The number of carbonyl (C=O) groups excluding carboxylic acids is 1. The van der Waals surface area contributed by atoms with Gasteiger partial charge in [-0.15, -0.1) is 0 Å². The number of hydrogen-bond donors (Lipinski definition) is 3.